The number of hydrogen-bond donors (Lipinski definition) is 1. The number of hydrogen-bond acceptors (Lipinski definition) is 6. The van der Waals surface area contributed by atoms with Gasteiger partial charge >= 0.3 is 0 Å². The van der Waals surface area contributed by atoms with Crippen molar-refractivity contribution in [2.45, 2.75) is 13.3 Å². The van der Waals surface area contributed by atoms with Crippen LogP contribution in [0.25, 0.3) is 6.08 Å². The summed E-state index contributed by atoms with van der Waals surface area (Å²) in [6, 6.07) is 13.4. The molecule has 0 atom stereocenters. The molecule has 0 saturated carbocycles. The molecule has 7 nitrogen and oxygen atoms in total. The summed E-state index contributed by atoms with van der Waals surface area (Å²) in [7, 11) is 0. The number of thiocarbonyl (C=S) groups is 1. The fraction of sp³-hybridized carbons (Fsp3) is 0.150. The molecule has 2 amide bonds. The molecule has 1 saturated heterocycles. The standard InChI is InChI=1S/C20H17N3O4S2/c1-13-3-2-4-15(11-13)21-18(24)9-10-22-19(25)17(29-20(22)28)12-14-5-7-16(8-6-14)23(26)27/h2-8,11-12H,9-10H2,1H3,(H,21,24)/b17-12-. The largest absolute Gasteiger partial charge is 0.326 e. The van der Waals surface area contributed by atoms with E-state index >= 15 is 0 Å². The topological polar surface area (TPSA) is 92.6 Å². The van der Waals surface area contributed by atoms with Crippen molar-refractivity contribution in [2.75, 3.05) is 11.9 Å². The number of nitrogens with one attached hydrogen (secondary N) is 1. The highest BCUT2D eigenvalue weighted by atomic mass is 32.2. The van der Waals surface area contributed by atoms with Crippen LogP contribution in [0.15, 0.2) is 53.4 Å². The van der Waals surface area contributed by atoms with Gasteiger partial charge in [-0.05, 0) is 48.4 Å². The van der Waals surface area contributed by atoms with Gasteiger partial charge < -0.3 is 5.32 Å². The van der Waals surface area contributed by atoms with E-state index < -0.39 is 4.92 Å². The van der Waals surface area contributed by atoms with Crippen LogP contribution in [0.5, 0.6) is 0 Å². The van der Waals surface area contributed by atoms with Crippen LogP contribution in [0.1, 0.15) is 17.5 Å². The van der Waals surface area contributed by atoms with Gasteiger partial charge in [-0.3, -0.25) is 24.6 Å². The second-order valence-corrected chi connectivity index (χ2v) is 8.03. The van der Waals surface area contributed by atoms with Crippen molar-refractivity contribution >= 4 is 57.6 Å². The minimum absolute atomic E-state index is 0.0191. The third-order valence-corrected chi connectivity index (χ3v) is 5.52. The first-order valence-electron chi connectivity index (χ1n) is 8.70. The molecule has 148 valence electrons. The molecule has 9 heteroatoms. The number of nitro groups is 1. The van der Waals surface area contributed by atoms with E-state index in [1.54, 1.807) is 24.3 Å². The maximum Gasteiger partial charge on any atom is 0.269 e. The van der Waals surface area contributed by atoms with E-state index in [4.69, 9.17) is 12.2 Å². The molecule has 0 unspecified atom stereocenters. The van der Waals surface area contributed by atoms with Crippen LogP contribution in [-0.2, 0) is 9.59 Å². The highest BCUT2D eigenvalue weighted by Gasteiger charge is 2.32. The Morgan fingerprint density at radius 3 is 2.66 bits per heavy atom. The summed E-state index contributed by atoms with van der Waals surface area (Å²) in [4.78, 5) is 36.9. The van der Waals surface area contributed by atoms with Crippen LogP contribution < -0.4 is 5.32 Å². The highest BCUT2D eigenvalue weighted by molar-refractivity contribution is 8.26. The van der Waals surface area contributed by atoms with E-state index in [1.165, 1.54) is 17.0 Å². The Balaban J connectivity index is 1.61. The minimum Gasteiger partial charge on any atom is -0.326 e. The molecule has 0 aromatic heterocycles. The normalized spacial score (nSPS) is 15.1. The van der Waals surface area contributed by atoms with Crippen molar-refractivity contribution in [3.8, 4) is 0 Å². The first-order chi connectivity index (χ1) is 13.8. The Bertz CT molecular complexity index is 1020. The summed E-state index contributed by atoms with van der Waals surface area (Å²) in [5.41, 5.74) is 2.39. The molecule has 1 aliphatic rings. The molecule has 1 heterocycles. The second kappa shape index (κ2) is 8.97. The van der Waals surface area contributed by atoms with Crippen molar-refractivity contribution in [2.24, 2.45) is 0 Å². The molecule has 2 aromatic rings. The number of aryl methyl sites for hydroxylation is 1. The van der Waals surface area contributed by atoms with Gasteiger partial charge in [0.1, 0.15) is 4.32 Å². The van der Waals surface area contributed by atoms with Gasteiger partial charge in [-0.1, -0.05) is 36.1 Å². The van der Waals surface area contributed by atoms with Crippen molar-refractivity contribution in [3.63, 3.8) is 0 Å². The predicted molar refractivity (Wildman–Crippen MR) is 117 cm³/mol. The summed E-state index contributed by atoms with van der Waals surface area (Å²) in [6.45, 7) is 2.12. The van der Waals surface area contributed by atoms with Gasteiger partial charge in [0.05, 0.1) is 9.83 Å². The number of amides is 2. The lowest BCUT2D eigenvalue weighted by atomic mass is 10.2. The van der Waals surface area contributed by atoms with Gasteiger partial charge in [0.15, 0.2) is 0 Å². The first kappa shape index (κ1) is 20.7. The first-order valence-corrected chi connectivity index (χ1v) is 9.92. The lowest BCUT2D eigenvalue weighted by molar-refractivity contribution is -0.384. The van der Waals surface area contributed by atoms with E-state index in [0.29, 0.717) is 20.5 Å². The van der Waals surface area contributed by atoms with Crippen molar-refractivity contribution in [3.05, 3.63) is 74.7 Å². The third-order valence-electron chi connectivity index (χ3n) is 4.14. The zero-order valence-electron chi connectivity index (χ0n) is 15.5. The summed E-state index contributed by atoms with van der Waals surface area (Å²) >= 11 is 6.42. The second-order valence-electron chi connectivity index (χ2n) is 6.35. The van der Waals surface area contributed by atoms with E-state index in [-0.39, 0.29) is 30.5 Å². The van der Waals surface area contributed by atoms with E-state index in [9.17, 15) is 19.7 Å². The van der Waals surface area contributed by atoms with Crippen LogP contribution >= 0.6 is 24.0 Å². The van der Waals surface area contributed by atoms with Crippen LogP contribution in [0.4, 0.5) is 11.4 Å². The van der Waals surface area contributed by atoms with Gasteiger partial charge in [0.25, 0.3) is 11.6 Å². The maximum absolute atomic E-state index is 12.6. The number of benzene rings is 2. The number of nitrogens with zero attached hydrogens (tertiary/aromatic N) is 2. The lowest BCUT2D eigenvalue weighted by Crippen LogP contribution is -2.31. The molecule has 2 aromatic carbocycles. The Hall–Kier alpha value is -3.04. The van der Waals surface area contributed by atoms with Crippen LogP contribution in [0, 0.1) is 17.0 Å². The fourth-order valence-corrected chi connectivity index (χ4v) is 4.00. The maximum atomic E-state index is 12.6. The van der Waals surface area contributed by atoms with Crippen LogP contribution in [-0.4, -0.2) is 32.5 Å². The molecule has 29 heavy (non-hydrogen) atoms. The zero-order chi connectivity index (χ0) is 21.0. The van der Waals surface area contributed by atoms with Crippen LogP contribution in [0.3, 0.4) is 0 Å². The Morgan fingerprint density at radius 2 is 2.00 bits per heavy atom. The van der Waals surface area contributed by atoms with Gasteiger partial charge in [-0.25, -0.2) is 0 Å². The van der Waals surface area contributed by atoms with Crippen molar-refractivity contribution in [1.29, 1.82) is 0 Å². The molecule has 3 rings (SSSR count). The Morgan fingerprint density at radius 1 is 1.28 bits per heavy atom. The summed E-state index contributed by atoms with van der Waals surface area (Å²) < 4.78 is 0.381. The number of carbonyl (C=O) groups is 2. The number of rotatable bonds is 6. The van der Waals surface area contributed by atoms with Crippen molar-refractivity contribution < 1.29 is 14.5 Å². The smallest absolute Gasteiger partial charge is 0.269 e. The third kappa shape index (κ3) is 5.27. The van der Waals surface area contributed by atoms with Gasteiger partial charge in [-0.2, -0.15) is 0 Å². The SMILES string of the molecule is Cc1cccc(NC(=O)CCN2C(=O)/C(=C/c3ccc([N+](=O)[O-])cc3)SC2=S)c1. The number of carbonyl (C=O) groups excluding carboxylic acids is 2. The molecule has 0 bridgehead atoms. The van der Waals surface area contributed by atoms with Crippen LogP contribution in [0.2, 0.25) is 0 Å². The van der Waals surface area contributed by atoms with E-state index in [1.807, 2.05) is 25.1 Å². The fourth-order valence-electron chi connectivity index (χ4n) is 2.70. The van der Waals surface area contributed by atoms with E-state index in [0.717, 1.165) is 17.3 Å². The summed E-state index contributed by atoms with van der Waals surface area (Å²) in [5.74, 6) is -0.481. The monoisotopic (exact) mass is 427 g/mol. The van der Waals surface area contributed by atoms with Gasteiger partial charge in [-0.15, -0.1) is 0 Å². The Kier molecular flexibility index (Phi) is 6.40. The molecule has 1 aliphatic heterocycles. The molecule has 0 aliphatic carbocycles. The minimum atomic E-state index is -0.481. The quantitative estimate of drug-likeness (QED) is 0.322. The number of non-ortho nitro benzene ring substituents is 1. The summed E-state index contributed by atoms with van der Waals surface area (Å²) in [5, 5.41) is 13.5. The average molecular weight is 428 g/mol. The lowest BCUT2D eigenvalue weighted by Gasteiger charge is -2.14. The highest BCUT2D eigenvalue weighted by Crippen LogP contribution is 2.32. The Labute approximate surface area is 176 Å². The van der Waals surface area contributed by atoms with Crippen molar-refractivity contribution in [1.82, 2.24) is 4.90 Å². The molecular formula is C20H17N3O4S2. The van der Waals surface area contributed by atoms with Gasteiger partial charge in [0, 0.05) is 30.8 Å². The van der Waals surface area contributed by atoms with Gasteiger partial charge in [0.2, 0.25) is 5.91 Å². The molecule has 1 fully saturated rings. The molecular weight excluding hydrogens is 410 g/mol. The van der Waals surface area contributed by atoms with E-state index in [2.05, 4.69) is 5.32 Å². The number of thioether (sulfide) groups is 1. The number of nitro benzene ring substituents is 1. The molecule has 0 spiro atoms. The molecule has 1 N–H and O–H groups in total. The molecule has 0 radical (unpaired) electrons. The average Bonchev–Trinajstić information content (AvgIpc) is 2.93. The number of anilines is 1. The zero-order valence-corrected chi connectivity index (χ0v) is 17.1. The predicted octanol–water partition coefficient (Wildman–Crippen LogP) is 4.13. The summed E-state index contributed by atoms with van der Waals surface area (Å²) in [6.07, 6.45) is 1.75.